The maximum atomic E-state index is 9.35. The van der Waals surface area contributed by atoms with E-state index in [9.17, 15) is 5.11 Å². The van der Waals surface area contributed by atoms with Crippen molar-refractivity contribution in [1.29, 1.82) is 0 Å². The average Bonchev–Trinajstić information content (AvgIpc) is 2.72. The Labute approximate surface area is 130 Å². The Kier molecular flexibility index (Phi) is 7.44. The average molecular weight is 298 g/mol. The molecule has 0 radical (unpaired) electrons. The quantitative estimate of drug-likeness (QED) is 0.736. The van der Waals surface area contributed by atoms with Crippen LogP contribution in [0.4, 0.5) is 0 Å². The number of morpholine rings is 1. The van der Waals surface area contributed by atoms with E-state index in [-0.39, 0.29) is 12.7 Å². The molecule has 4 unspecified atom stereocenters. The minimum Gasteiger partial charge on any atom is -0.394 e. The summed E-state index contributed by atoms with van der Waals surface area (Å²) in [5.74, 6) is 0.749. The summed E-state index contributed by atoms with van der Waals surface area (Å²) >= 11 is 0. The summed E-state index contributed by atoms with van der Waals surface area (Å²) in [6.45, 7) is 8.57. The van der Waals surface area contributed by atoms with Crippen LogP contribution in [0.25, 0.3) is 0 Å². The van der Waals surface area contributed by atoms with Gasteiger partial charge < -0.3 is 15.2 Å². The van der Waals surface area contributed by atoms with Crippen LogP contribution in [0.2, 0.25) is 0 Å². The van der Waals surface area contributed by atoms with Crippen molar-refractivity contribution in [3.8, 4) is 0 Å². The van der Waals surface area contributed by atoms with Crippen molar-refractivity contribution < 1.29 is 9.84 Å². The summed E-state index contributed by atoms with van der Waals surface area (Å²) in [6.07, 6.45) is 8.02. The number of rotatable bonds is 6. The zero-order valence-corrected chi connectivity index (χ0v) is 13.9. The van der Waals surface area contributed by atoms with Crippen LogP contribution in [0, 0.1) is 5.92 Å². The fraction of sp³-hybridized carbons (Fsp3) is 1.00. The molecule has 4 heteroatoms. The largest absolute Gasteiger partial charge is 0.394 e. The molecular weight excluding hydrogens is 264 g/mol. The lowest BCUT2D eigenvalue weighted by atomic mass is 9.93. The van der Waals surface area contributed by atoms with Crippen LogP contribution >= 0.6 is 0 Å². The van der Waals surface area contributed by atoms with Crippen molar-refractivity contribution in [1.82, 2.24) is 10.2 Å². The molecule has 0 spiro atoms. The Morgan fingerprint density at radius 2 is 2.05 bits per heavy atom. The summed E-state index contributed by atoms with van der Waals surface area (Å²) in [5.41, 5.74) is 0. The summed E-state index contributed by atoms with van der Waals surface area (Å²) in [4.78, 5) is 2.54. The topological polar surface area (TPSA) is 44.7 Å². The zero-order chi connectivity index (χ0) is 15.1. The molecule has 2 aliphatic rings. The molecule has 0 amide bonds. The highest BCUT2D eigenvalue weighted by atomic mass is 16.5. The van der Waals surface area contributed by atoms with Gasteiger partial charge >= 0.3 is 0 Å². The molecule has 124 valence electrons. The Morgan fingerprint density at radius 3 is 2.81 bits per heavy atom. The molecule has 2 N–H and O–H groups in total. The first-order valence-electron chi connectivity index (χ1n) is 8.94. The Balaban J connectivity index is 1.92. The minimum absolute atomic E-state index is 0.00836. The molecule has 1 saturated heterocycles. The van der Waals surface area contributed by atoms with E-state index >= 15 is 0 Å². The number of nitrogens with one attached hydrogen (secondary N) is 1. The van der Waals surface area contributed by atoms with Gasteiger partial charge in [-0.15, -0.1) is 0 Å². The second-order valence-corrected chi connectivity index (χ2v) is 6.90. The first kappa shape index (κ1) is 17.2. The molecule has 1 saturated carbocycles. The van der Waals surface area contributed by atoms with Gasteiger partial charge in [0.15, 0.2) is 0 Å². The lowest BCUT2D eigenvalue weighted by Crippen LogP contribution is -2.53. The van der Waals surface area contributed by atoms with Crippen LogP contribution in [0.3, 0.4) is 0 Å². The lowest BCUT2D eigenvalue weighted by molar-refractivity contribution is -0.0828. The van der Waals surface area contributed by atoms with E-state index in [0.717, 1.165) is 32.2 Å². The highest BCUT2D eigenvalue weighted by Crippen LogP contribution is 2.26. The van der Waals surface area contributed by atoms with Crippen LogP contribution in [0.15, 0.2) is 0 Å². The predicted octanol–water partition coefficient (Wildman–Crippen LogP) is 2.02. The van der Waals surface area contributed by atoms with Gasteiger partial charge in [0.05, 0.1) is 19.3 Å². The van der Waals surface area contributed by atoms with E-state index in [2.05, 4.69) is 24.1 Å². The van der Waals surface area contributed by atoms with Crippen molar-refractivity contribution >= 4 is 0 Å². The van der Waals surface area contributed by atoms with Gasteiger partial charge in [0.2, 0.25) is 0 Å². The lowest BCUT2D eigenvalue weighted by Gasteiger charge is -2.40. The summed E-state index contributed by atoms with van der Waals surface area (Å²) in [7, 11) is 0. The molecule has 4 nitrogen and oxygen atoms in total. The Morgan fingerprint density at radius 1 is 1.24 bits per heavy atom. The predicted molar refractivity (Wildman–Crippen MR) is 86.5 cm³/mol. The molecular formula is C17H34N2O2. The second kappa shape index (κ2) is 9.09. The fourth-order valence-electron chi connectivity index (χ4n) is 3.74. The molecule has 0 aromatic heterocycles. The molecule has 1 heterocycles. The number of hydrogen-bond acceptors (Lipinski definition) is 4. The van der Waals surface area contributed by atoms with E-state index in [1.807, 2.05) is 0 Å². The normalized spacial score (nSPS) is 35.6. The molecule has 1 aliphatic heterocycles. The van der Waals surface area contributed by atoms with Gasteiger partial charge in [-0.2, -0.15) is 0 Å². The number of hydrogen-bond donors (Lipinski definition) is 2. The van der Waals surface area contributed by atoms with Gasteiger partial charge in [0, 0.05) is 25.2 Å². The number of aliphatic hydroxyl groups excluding tert-OH is 1. The molecule has 0 aromatic rings. The monoisotopic (exact) mass is 298 g/mol. The maximum absolute atomic E-state index is 9.35. The Hall–Kier alpha value is -0.160. The second-order valence-electron chi connectivity index (χ2n) is 6.90. The van der Waals surface area contributed by atoms with E-state index < -0.39 is 0 Å². The van der Waals surface area contributed by atoms with E-state index in [4.69, 9.17) is 4.74 Å². The van der Waals surface area contributed by atoms with Crippen molar-refractivity contribution in [2.45, 2.75) is 70.6 Å². The first-order valence-corrected chi connectivity index (χ1v) is 8.94. The number of ether oxygens (including phenoxy) is 1. The van der Waals surface area contributed by atoms with Gasteiger partial charge in [-0.05, 0) is 38.6 Å². The van der Waals surface area contributed by atoms with Gasteiger partial charge in [0.25, 0.3) is 0 Å². The third-order valence-electron chi connectivity index (χ3n) is 5.12. The molecule has 1 aliphatic carbocycles. The highest BCUT2D eigenvalue weighted by Gasteiger charge is 2.30. The minimum atomic E-state index is 0.00836. The van der Waals surface area contributed by atoms with Crippen molar-refractivity contribution in [3.05, 3.63) is 0 Å². The van der Waals surface area contributed by atoms with Crippen LogP contribution in [0.5, 0.6) is 0 Å². The van der Waals surface area contributed by atoms with Crippen molar-refractivity contribution in [2.75, 3.05) is 32.8 Å². The maximum Gasteiger partial charge on any atom is 0.0933 e. The van der Waals surface area contributed by atoms with E-state index in [1.165, 1.54) is 38.5 Å². The molecule has 2 rings (SSSR count). The van der Waals surface area contributed by atoms with Crippen LogP contribution in [-0.2, 0) is 4.74 Å². The first-order chi connectivity index (χ1) is 10.2. The van der Waals surface area contributed by atoms with Crippen molar-refractivity contribution in [3.63, 3.8) is 0 Å². The van der Waals surface area contributed by atoms with Gasteiger partial charge in [-0.1, -0.05) is 26.2 Å². The SMILES string of the molecule is CCCNC1CCCCCC1CN1CC(CO)OCC1C. The van der Waals surface area contributed by atoms with Crippen molar-refractivity contribution in [2.24, 2.45) is 5.92 Å². The smallest absolute Gasteiger partial charge is 0.0933 e. The van der Waals surface area contributed by atoms with Gasteiger partial charge in [-0.25, -0.2) is 0 Å². The molecule has 2 fully saturated rings. The van der Waals surface area contributed by atoms with Gasteiger partial charge in [-0.3, -0.25) is 4.90 Å². The molecule has 0 aromatic carbocycles. The number of aliphatic hydroxyl groups is 1. The molecule has 0 bridgehead atoms. The molecule has 4 atom stereocenters. The summed E-state index contributed by atoms with van der Waals surface area (Å²) in [5, 5.41) is 13.1. The van der Waals surface area contributed by atoms with Gasteiger partial charge in [0.1, 0.15) is 0 Å². The standard InChI is InChI=1S/C17H34N2O2/c1-3-9-18-17-8-6-4-5-7-15(17)10-19-11-16(12-20)21-13-14(19)2/h14-18,20H,3-13H2,1-2H3. The highest BCUT2D eigenvalue weighted by molar-refractivity contribution is 4.85. The van der Waals surface area contributed by atoms with E-state index in [0.29, 0.717) is 12.1 Å². The van der Waals surface area contributed by atoms with Crippen LogP contribution in [0.1, 0.15) is 52.4 Å². The fourth-order valence-corrected chi connectivity index (χ4v) is 3.74. The number of nitrogens with zero attached hydrogens (tertiary/aromatic N) is 1. The zero-order valence-electron chi connectivity index (χ0n) is 13.9. The Bertz CT molecular complexity index is 288. The van der Waals surface area contributed by atoms with Crippen LogP contribution in [-0.4, -0.2) is 61.0 Å². The van der Waals surface area contributed by atoms with E-state index in [1.54, 1.807) is 0 Å². The third kappa shape index (κ3) is 5.20. The third-order valence-corrected chi connectivity index (χ3v) is 5.12. The summed E-state index contributed by atoms with van der Waals surface area (Å²) in [6, 6.07) is 1.15. The molecule has 21 heavy (non-hydrogen) atoms. The van der Waals surface area contributed by atoms with Crippen LogP contribution < -0.4 is 5.32 Å². The summed E-state index contributed by atoms with van der Waals surface area (Å²) < 4.78 is 5.67.